The number of aromatic nitrogens is 4. The summed E-state index contributed by atoms with van der Waals surface area (Å²) in [6, 6.07) is 0. The number of H-pyrrole nitrogens is 2. The van der Waals surface area contributed by atoms with E-state index in [9.17, 15) is 4.79 Å². The van der Waals surface area contributed by atoms with Gasteiger partial charge < -0.3 is 0 Å². The Morgan fingerprint density at radius 3 is 2.60 bits per heavy atom. The van der Waals surface area contributed by atoms with Gasteiger partial charge in [0.05, 0.1) is 12.4 Å². The van der Waals surface area contributed by atoms with E-state index in [0.717, 1.165) is 5.39 Å². The van der Waals surface area contributed by atoms with Crippen LogP contribution in [0.4, 0.5) is 0 Å². The van der Waals surface area contributed by atoms with Gasteiger partial charge in [-0.3, -0.25) is 9.89 Å². The molecule has 0 bridgehead atoms. The molecular formula is C5H4N4O. The molecule has 2 heterocycles. The van der Waals surface area contributed by atoms with Gasteiger partial charge in [-0.25, -0.2) is 5.10 Å². The average molecular weight is 136 g/mol. The van der Waals surface area contributed by atoms with Gasteiger partial charge in [-0.1, -0.05) is 0 Å². The molecule has 0 saturated heterocycles. The van der Waals surface area contributed by atoms with Crippen LogP contribution in [-0.2, 0) is 0 Å². The first-order chi connectivity index (χ1) is 4.88. The Bertz CT molecular complexity index is 401. The van der Waals surface area contributed by atoms with Crippen LogP contribution in [0.5, 0.6) is 0 Å². The largest absolute Gasteiger partial charge is 0.290 e. The summed E-state index contributed by atoms with van der Waals surface area (Å²) in [4.78, 5) is 10.9. The fourth-order valence-electron chi connectivity index (χ4n) is 0.792. The van der Waals surface area contributed by atoms with Gasteiger partial charge in [0.2, 0.25) is 0 Å². The summed E-state index contributed by atoms with van der Waals surface area (Å²) >= 11 is 0. The van der Waals surface area contributed by atoms with Crippen molar-refractivity contribution in [3.8, 4) is 0 Å². The number of nitrogens with zero attached hydrogens (tertiary/aromatic N) is 2. The number of hydrogen-bond acceptors (Lipinski definition) is 3. The minimum atomic E-state index is -0.241. The molecule has 0 amide bonds. The predicted molar refractivity (Wildman–Crippen MR) is 34.5 cm³/mol. The molecule has 0 spiro atoms. The van der Waals surface area contributed by atoms with E-state index < -0.39 is 0 Å². The van der Waals surface area contributed by atoms with Crippen LogP contribution in [0.3, 0.4) is 0 Å². The zero-order valence-electron chi connectivity index (χ0n) is 4.96. The molecule has 0 fully saturated rings. The molecule has 0 radical (unpaired) electrons. The monoisotopic (exact) mass is 136 g/mol. The number of rotatable bonds is 0. The van der Waals surface area contributed by atoms with E-state index in [0.29, 0.717) is 5.52 Å². The first-order valence-corrected chi connectivity index (χ1v) is 2.75. The molecule has 0 aromatic carbocycles. The summed E-state index contributed by atoms with van der Waals surface area (Å²) in [5, 5.41) is 12.8. The lowest BCUT2D eigenvalue weighted by Gasteiger charge is -1.81. The Morgan fingerprint density at radius 1 is 1.20 bits per heavy atom. The van der Waals surface area contributed by atoms with Crippen LogP contribution in [0.15, 0.2) is 17.2 Å². The lowest BCUT2D eigenvalue weighted by Crippen LogP contribution is -2.06. The first kappa shape index (κ1) is 5.16. The van der Waals surface area contributed by atoms with Crippen LogP contribution < -0.4 is 5.56 Å². The average Bonchev–Trinajstić information content (AvgIpc) is 2.36. The quantitative estimate of drug-likeness (QED) is 0.519. The Morgan fingerprint density at radius 2 is 1.90 bits per heavy atom. The van der Waals surface area contributed by atoms with Crippen LogP contribution in [0.2, 0.25) is 0 Å². The fourth-order valence-corrected chi connectivity index (χ4v) is 0.792. The van der Waals surface area contributed by atoms with E-state index >= 15 is 0 Å². The summed E-state index contributed by atoms with van der Waals surface area (Å²) in [5.74, 6) is 0. The highest BCUT2D eigenvalue weighted by Crippen LogP contribution is 1.98. The molecule has 2 aromatic rings. The summed E-state index contributed by atoms with van der Waals surface area (Å²) in [6.07, 6.45) is 3.10. The number of nitrogens with one attached hydrogen (secondary N) is 2. The van der Waals surface area contributed by atoms with Crippen LogP contribution >= 0.6 is 0 Å². The van der Waals surface area contributed by atoms with Crippen molar-refractivity contribution in [3.05, 3.63) is 22.7 Å². The van der Waals surface area contributed by atoms with Gasteiger partial charge in [0.15, 0.2) is 0 Å². The van der Waals surface area contributed by atoms with Crippen LogP contribution in [0, 0.1) is 0 Å². The van der Waals surface area contributed by atoms with Crippen LogP contribution in [-0.4, -0.2) is 20.4 Å². The smallest absolute Gasteiger partial charge is 0.272 e. The van der Waals surface area contributed by atoms with Gasteiger partial charge in [0, 0.05) is 5.39 Å². The molecule has 2 rings (SSSR count). The maximum atomic E-state index is 10.9. The molecule has 0 aliphatic carbocycles. The second-order valence-corrected chi connectivity index (χ2v) is 1.90. The van der Waals surface area contributed by atoms with E-state index in [4.69, 9.17) is 0 Å². The van der Waals surface area contributed by atoms with Gasteiger partial charge in [0.1, 0.15) is 5.52 Å². The molecule has 10 heavy (non-hydrogen) atoms. The molecule has 0 atom stereocenters. The molecule has 50 valence electrons. The highest BCUT2D eigenvalue weighted by atomic mass is 16.1. The Labute approximate surface area is 55.1 Å². The molecule has 5 heteroatoms. The van der Waals surface area contributed by atoms with E-state index in [1.54, 1.807) is 12.4 Å². The molecule has 0 aliphatic rings. The van der Waals surface area contributed by atoms with Crippen molar-refractivity contribution in [1.82, 2.24) is 20.4 Å². The zero-order valence-corrected chi connectivity index (χ0v) is 4.96. The predicted octanol–water partition coefficient (Wildman–Crippen LogP) is -0.354. The molecule has 5 nitrogen and oxygen atoms in total. The van der Waals surface area contributed by atoms with Crippen LogP contribution in [0.25, 0.3) is 10.9 Å². The molecule has 2 aromatic heterocycles. The SMILES string of the molecule is O=c1[nH]ncc2cn[nH]c12. The Hall–Kier alpha value is -1.65. The highest BCUT2D eigenvalue weighted by molar-refractivity contribution is 5.74. The summed E-state index contributed by atoms with van der Waals surface area (Å²) in [6.45, 7) is 0. The number of hydrogen-bond donors (Lipinski definition) is 2. The summed E-state index contributed by atoms with van der Waals surface area (Å²) in [5.41, 5.74) is 0.227. The zero-order chi connectivity index (χ0) is 6.97. The van der Waals surface area contributed by atoms with Crippen molar-refractivity contribution < 1.29 is 0 Å². The third-order valence-electron chi connectivity index (χ3n) is 1.27. The highest BCUT2D eigenvalue weighted by Gasteiger charge is 1.96. The van der Waals surface area contributed by atoms with Gasteiger partial charge in [-0.15, -0.1) is 0 Å². The van der Waals surface area contributed by atoms with Gasteiger partial charge in [-0.2, -0.15) is 10.2 Å². The topological polar surface area (TPSA) is 74.4 Å². The van der Waals surface area contributed by atoms with Crippen molar-refractivity contribution in [2.75, 3.05) is 0 Å². The minimum Gasteiger partial charge on any atom is -0.272 e. The third-order valence-corrected chi connectivity index (χ3v) is 1.27. The molecule has 0 unspecified atom stereocenters. The second kappa shape index (κ2) is 1.66. The summed E-state index contributed by atoms with van der Waals surface area (Å²) < 4.78 is 0. The van der Waals surface area contributed by atoms with Gasteiger partial charge in [0.25, 0.3) is 5.56 Å². The summed E-state index contributed by atoms with van der Waals surface area (Å²) in [7, 11) is 0. The first-order valence-electron chi connectivity index (χ1n) is 2.75. The maximum Gasteiger partial charge on any atom is 0.290 e. The van der Waals surface area contributed by atoms with E-state index in [1.165, 1.54) is 0 Å². The van der Waals surface area contributed by atoms with Gasteiger partial charge >= 0.3 is 0 Å². The van der Waals surface area contributed by atoms with E-state index in [-0.39, 0.29) is 5.56 Å². The van der Waals surface area contributed by atoms with Crippen molar-refractivity contribution in [2.45, 2.75) is 0 Å². The van der Waals surface area contributed by atoms with Crippen molar-refractivity contribution in [1.29, 1.82) is 0 Å². The maximum absolute atomic E-state index is 10.9. The Balaban J connectivity index is 3.09. The fraction of sp³-hybridized carbons (Fsp3) is 0. The standard InChI is InChI=1S/C5H4N4O/c10-5-4-3(1-6-8-4)2-7-9-5/h1-2H,(H,6,8)(H,9,10). The van der Waals surface area contributed by atoms with Crippen molar-refractivity contribution >= 4 is 10.9 Å². The molecule has 0 aliphatic heterocycles. The number of aromatic amines is 2. The molecule has 0 saturated carbocycles. The normalized spacial score (nSPS) is 10.4. The van der Waals surface area contributed by atoms with E-state index in [2.05, 4.69) is 20.4 Å². The molecular weight excluding hydrogens is 132 g/mol. The van der Waals surface area contributed by atoms with Crippen molar-refractivity contribution in [3.63, 3.8) is 0 Å². The van der Waals surface area contributed by atoms with Crippen molar-refractivity contribution in [2.24, 2.45) is 0 Å². The van der Waals surface area contributed by atoms with Gasteiger partial charge in [-0.05, 0) is 0 Å². The minimum absolute atomic E-state index is 0.241. The lowest BCUT2D eigenvalue weighted by atomic mass is 10.4. The number of fused-ring (bicyclic) bond motifs is 1. The van der Waals surface area contributed by atoms with Crippen LogP contribution in [0.1, 0.15) is 0 Å². The lowest BCUT2D eigenvalue weighted by molar-refractivity contribution is 1.00. The van der Waals surface area contributed by atoms with E-state index in [1.807, 2.05) is 0 Å². The Kier molecular flexibility index (Phi) is 0.858. The molecule has 2 N–H and O–H groups in total. The second-order valence-electron chi connectivity index (χ2n) is 1.90. The third kappa shape index (κ3) is 0.540.